The third-order valence-corrected chi connectivity index (χ3v) is 5.21. The number of aromatic nitrogens is 2. The van der Waals surface area contributed by atoms with Gasteiger partial charge in [-0.25, -0.2) is 9.37 Å². The molecule has 158 valence electrons. The monoisotopic (exact) mass is 420 g/mol. The van der Waals surface area contributed by atoms with Crippen LogP contribution in [0.5, 0.6) is 11.5 Å². The fourth-order valence-electron chi connectivity index (χ4n) is 3.59. The van der Waals surface area contributed by atoms with Crippen LogP contribution in [-0.4, -0.2) is 34.9 Å². The molecule has 8 heteroatoms. The van der Waals surface area contributed by atoms with Gasteiger partial charge < -0.3 is 10.1 Å². The number of hydrogen-bond acceptors (Lipinski definition) is 5. The first kappa shape index (κ1) is 20.5. The van der Waals surface area contributed by atoms with Gasteiger partial charge >= 0.3 is 0 Å². The van der Waals surface area contributed by atoms with Crippen LogP contribution in [0.4, 0.5) is 10.2 Å². The maximum Gasteiger partial charge on any atom is 0.270 e. The summed E-state index contributed by atoms with van der Waals surface area (Å²) in [5.41, 5.74) is 1.01. The maximum atomic E-state index is 13.9. The largest absolute Gasteiger partial charge is 0.454 e. The first-order valence-corrected chi connectivity index (χ1v) is 9.85. The van der Waals surface area contributed by atoms with E-state index in [1.807, 2.05) is 19.1 Å². The van der Waals surface area contributed by atoms with Gasteiger partial charge in [-0.05, 0) is 42.2 Å². The Balaban J connectivity index is 1.53. The number of nitrogens with one attached hydrogen (secondary N) is 1. The van der Waals surface area contributed by atoms with Gasteiger partial charge in [0.2, 0.25) is 0 Å². The summed E-state index contributed by atoms with van der Waals surface area (Å²) in [7, 11) is 1.65. The van der Waals surface area contributed by atoms with Crippen molar-refractivity contribution in [1.29, 1.82) is 0 Å². The van der Waals surface area contributed by atoms with E-state index in [1.165, 1.54) is 35.4 Å². The Morgan fingerprint density at radius 1 is 1.16 bits per heavy atom. The Bertz CT molecular complexity index is 1140. The van der Waals surface area contributed by atoms with E-state index in [4.69, 9.17) is 4.74 Å². The highest BCUT2D eigenvalue weighted by molar-refractivity contribution is 6.02. The van der Waals surface area contributed by atoms with Crippen LogP contribution < -0.4 is 15.0 Å². The summed E-state index contributed by atoms with van der Waals surface area (Å²) in [4.78, 5) is 35.7. The molecule has 2 amide bonds. The van der Waals surface area contributed by atoms with Crippen molar-refractivity contribution >= 4 is 17.6 Å². The zero-order chi connectivity index (χ0) is 22.0. The van der Waals surface area contributed by atoms with Gasteiger partial charge in [0.05, 0.1) is 0 Å². The Labute approximate surface area is 178 Å². The number of rotatable bonds is 4. The van der Waals surface area contributed by atoms with E-state index in [0.717, 1.165) is 5.56 Å². The lowest BCUT2D eigenvalue weighted by Gasteiger charge is -2.24. The number of pyridine rings is 2. The van der Waals surface area contributed by atoms with Crippen LogP contribution in [0.15, 0.2) is 60.9 Å². The molecular weight excluding hydrogens is 399 g/mol. The zero-order valence-corrected chi connectivity index (χ0v) is 17.1. The van der Waals surface area contributed by atoms with Crippen molar-refractivity contribution in [2.24, 2.45) is 5.92 Å². The lowest BCUT2D eigenvalue weighted by atomic mass is 9.95. The minimum atomic E-state index is -0.746. The standard InChI is InChI=1S/C23H21FN4O3/c1-14-12-15-6-5-10-26-21(15)28(2)23(30)20(14)27-22(29)18-13-16(9-11-25-18)31-19-8-4-3-7-17(19)24/h3-11,13-14,20H,12H2,1-2H3,(H,27,29)/t14-,20-/m1/s1. The lowest BCUT2D eigenvalue weighted by Crippen LogP contribution is -2.50. The number of halogens is 1. The number of hydrogen-bond donors (Lipinski definition) is 1. The molecule has 3 aromatic rings. The molecule has 0 fully saturated rings. The number of fused-ring (bicyclic) bond motifs is 1. The Morgan fingerprint density at radius 2 is 1.97 bits per heavy atom. The zero-order valence-electron chi connectivity index (χ0n) is 17.1. The van der Waals surface area contributed by atoms with Gasteiger partial charge in [-0.15, -0.1) is 0 Å². The molecule has 0 radical (unpaired) electrons. The predicted molar refractivity (Wildman–Crippen MR) is 112 cm³/mol. The minimum absolute atomic E-state index is 0.0412. The van der Waals surface area contributed by atoms with Crippen LogP contribution in [0.1, 0.15) is 23.0 Å². The number of amides is 2. The van der Waals surface area contributed by atoms with Gasteiger partial charge in [0.25, 0.3) is 11.8 Å². The van der Waals surface area contributed by atoms with Crippen LogP contribution in [0, 0.1) is 11.7 Å². The summed E-state index contributed by atoms with van der Waals surface area (Å²) >= 11 is 0. The second-order valence-corrected chi connectivity index (χ2v) is 7.43. The molecule has 1 aliphatic heterocycles. The molecule has 2 atom stereocenters. The number of benzene rings is 1. The molecular formula is C23H21FN4O3. The average Bonchev–Trinajstić information content (AvgIpc) is 2.86. The molecule has 2 aromatic heterocycles. The fourth-order valence-corrected chi connectivity index (χ4v) is 3.59. The van der Waals surface area contributed by atoms with Crippen molar-refractivity contribution in [3.63, 3.8) is 0 Å². The summed E-state index contributed by atoms with van der Waals surface area (Å²) in [6.07, 6.45) is 3.63. The first-order valence-electron chi connectivity index (χ1n) is 9.85. The number of ether oxygens (including phenoxy) is 1. The summed E-state index contributed by atoms with van der Waals surface area (Å²) in [6.45, 7) is 1.91. The molecule has 0 spiro atoms. The second-order valence-electron chi connectivity index (χ2n) is 7.43. The Kier molecular flexibility index (Phi) is 5.62. The van der Waals surface area contributed by atoms with Gasteiger partial charge in [-0.1, -0.05) is 25.1 Å². The molecule has 4 rings (SSSR count). The number of para-hydroxylation sites is 1. The van der Waals surface area contributed by atoms with Crippen LogP contribution in [0.2, 0.25) is 0 Å². The van der Waals surface area contributed by atoms with Crippen molar-refractivity contribution in [1.82, 2.24) is 15.3 Å². The fraction of sp³-hybridized carbons (Fsp3) is 0.217. The molecule has 0 unspecified atom stereocenters. The predicted octanol–water partition coefficient (Wildman–Crippen LogP) is 3.36. The van der Waals surface area contributed by atoms with Crippen molar-refractivity contribution in [3.8, 4) is 11.5 Å². The number of carbonyl (C=O) groups excluding carboxylic acids is 2. The minimum Gasteiger partial charge on any atom is -0.454 e. The molecule has 0 bridgehead atoms. The highest BCUT2D eigenvalue weighted by Crippen LogP contribution is 2.27. The number of nitrogens with zero attached hydrogens (tertiary/aromatic N) is 3. The molecule has 1 aromatic carbocycles. The number of carbonyl (C=O) groups is 2. The molecule has 1 N–H and O–H groups in total. The molecule has 7 nitrogen and oxygen atoms in total. The van der Waals surface area contributed by atoms with E-state index < -0.39 is 17.8 Å². The highest BCUT2D eigenvalue weighted by atomic mass is 19.1. The quantitative estimate of drug-likeness (QED) is 0.700. The maximum absolute atomic E-state index is 13.9. The summed E-state index contributed by atoms with van der Waals surface area (Å²) in [5.74, 6) is -0.539. The van der Waals surface area contributed by atoms with E-state index in [1.54, 1.807) is 25.4 Å². The van der Waals surface area contributed by atoms with E-state index in [9.17, 15) is 14.0 Å². The van der Waals surface area contributed by atoms with Gasteiger partial charge in [-0.2, -0.15) is 0 Å². The van der Waals surface area contributed by atoms with Crippen molar-refractivity contribution in [3.05, 3.63) is 78.0 Å². The average molecular weight is 420 g/mol. The van der Waals surface area contributed by atoms with Crippen LogP contribution >= 0.6 is 0 Å². The van der Waals surface area contributed by atoms with E-state index in [0.29, 0.717) is 12.2 Å². The SMILES string of the molecule is C[C@@H]1Cc2cccnc2N(C)C(=O)[C@@H]1NC(=O)c1cc(Oc2ccccc2F)ccn1. The third-order valence-electron chi connectivity index (χ3n) is 5.21. The first-order chi connectivity index (χ1) is 14.9. The second kappa shape index (κ2) is 8.51. The van der Waals surface area contributed by atoms with Crippen LogP contribution in [0.25, 0.3) is 0 Å². The molecule has 0 saturated heterocycles. The van der Waals surface area contributed by atoms with Crippen LogP contribution in [-0.2, 0) is 11.2 Å². The molecule has 0 aliphatic carbocycles. The van der Waals surface area contributed by atoms with E-state index in [2.05, 4.69) is 15.3 Å². The molecule has 0 saturated carbocycles. The Hall–Kier alpha value is -3.81. The molecule has 1 aliphatic rings. The Morgan fingerprint density at radius 3 is 2.77 bits per heavy atom. The smallest absolute Gasteiger partial charge is 0.270 e. The number of anilines is 1. The van der Waals surface area contributed by atoms with Gasteiger partial charge in [-0.3, -0.25) is 19.5 Å². The summed E-state index contributed by atoms with van der Waals surface area (Å²) in [5, 5.41) is 2.79. The van der Waals surface area contributed by atoms with Gasteiger partial charge in [0, 0.05) is 25.5 Å². The third kappa shape index (κ3) is 4.23. The highest BCUT2D eigenvalue weighted by Gasteiger charge is 2.35. The van der Waals surface area contributed by atoms with Gasteiger partial charge in [0.1, 0.15) is 23.3 Å². The number of likely N-dealkylation sites (N-methyl/N-ethyl adjacent to an activating group) is 1. The van der Waals surface area contributed by atoms with Crippen LogP contribution in [0.3, 0.4) is 0 Å². The molecule has 3 heterocycles. The van der Waals surface area contributed by atoms with Crippen molar-refractivity contribution in [2.45, 2.75) is 19.4 Å². The van der Waals surface area contributed by atoms with E-state index >= 15 is 0 Å². The van der Waals surface area contributed by atoms with Crippen molar-refractivity contribution in [2.75, 3.05) is 11.9 Å². The summed E-state index contributed by atoms with van der Waals surface area (Å²) in [6, 6.07) is 11.9. The topological polar surface area (TPSA) is 84.4 Å². The normalized spacial score (nSPS) is 18.2. The van der Waals surface area contributed by atoms with E-state index in [-0.39, 0.29) is 29.0 Å². The van der Waals surface area contributed by atoms with Gasteiger partial charge in [0.15, 0.2) is 11.6 Å². The van der Waals surface area contributed by atoms with Crippen molar-refractivity contribution < 1.29 is 18.7 Å². The molecule has 31 heavy (non-hydrogen) atoms. The lowest BCUT2D eigenvalue weighted by molar-refractivity contribution is -0.121. The summed E-state index contributed by atoms with van der Waals surface area (Å²) < 4.78 is 19.4.